The number of hydrogen-bond donors (Lipinski definition) is 1. The van der Waals surface area contributed by atoms with E-state index in [9.17, 15) is 4.79 Å². The quantitative estimate of drug-likeness (QED) is 0.898. The molecule has 1 unspecified atom stereocenters. The van der Waals surface area contributed by atoms with Crippen LogP contribution in [-0.4, -0.2) is 50.1 Å². The minimum absolute atomic E-state index is 0.0127. The Morgan fingerprint density at radius 2 is 1.85 bits per heavy atom. The van der Waals surface area contributed by atoms with E-state index in [2.05, 4.69) is 28.4 Å². The van der Waals surface area contributed by atoms with Crippen molar-refractivity contribution in [2.75, 3.05) is 34.3 Å². The molecule has 5 nitrogen and oxygen atoms in total. The van der Waals surface area contributed by atoms with Gasteiger partial charge in [-0.25, -0.2) is 4.79 Å². The Bertz CT molecular complexity index is 760. The van der Waals surface area contributed by atoms with Gasteiger partial charge < -0.3 is 19.9 Å². The van der Waals surface area contributed by atoms with Crippen LogP contribution in [0.2, 0.25) is 0 Å². The van der Waals surface area contributed by atoms with E-state index in [4.69, 9.17) is 4.74 Å². The molecule has 2 amide bonds. The first-order chi connectivity index (χ1) is 12.6. The van der Waals surface area contributed by atoms with Crippen molar-refractivity contribution in [2.45, 2.75) is 19.0 Å². The van der Waals surface area contributed by atoms with Crippen LogP contribution in [0, 0.1) is 0 Å². The molecule has 0 spiro atoms. The maximum absolute atomic E-state index is 12.7. The van der Waals surface area contributed by atoms with Crippen LogP contribution in [0.15, 0.2) is 48.5 Å². The van der Waals surface area contributed by atoms with Crippen molar-refractivity contribution in [3.8, 4) is 5.75 Å². The van der Waals surface area contributed by atoms with Gasteiger partial charge in [0.25, 0.3) is 0 Å². The van der Waals surface area contributed by atoms with Crippen LogP contribution < -0.4 is 10.1 Å². The zero-order chi connectivity index (χ0) is 18.5. The summed E-state index contributed by atoms with van der Waals surface area (Å²) < 4.78 is 5.49. The van der Waals surface area contributed by atoms with E-state index in [1.807, 2.05) is 49.3 Å². The molecule has 3 rings (SSSR count). The average Bonchev–Trinajstić information content (AvgIpc) is 2.67. The lowest BCUT2D eigenvalue weighted by molar-refractivity contribution is 0.186. The number of urea groups is 1. The number of amides is 2. The zero-order valence-corrected chi connectivity index (χ0v) is 15.7. The van der Waals surface area contributed by atoms with Gasteiger partial charge in [-0.2, -0.15) is 0 Å². The Kier molecular flexibility index (Phi) is 5.78. The van der Waals surface area contributed by atoms with Gasteiger partial charge in [-0.05, 0) is 37.7 Å². The van der Waals surface area contributed by atoms with Gasteiger partial charge in [0.15, 0.2) is 0 Å². The lowest BCUT2D eigenvalue weighted by Gasteiger charge is -2.31. The minimum atomic E-state index is -0.0127. The first kappa shape index (κ1) is 18.3. The van der Waals surface area contributed by atoms with Crippen molar-refractivity contribution in [2.24, 2.45) is 0 Å². The van der Waals surface area contributed by atoms with Gasteiger partial charge in [-0.3, -0.25) is 0 Å². The molecule has 1 N–H and O–H groups in total. The SMILES string of the molecule is COc1ccccc1C(CNC(=O)N1CCc2ccccc2C1)N(C)C. The molecule has 0 saturated carbocycles. The summed E-state index contributed by atoms with van der Waals surface area (Å²) in [7, 11) is 5.70. The molecular weight excluding hydrogens is 326 g/mol. The van der Waals surface area contributed by atoms with Crippen LogP contribution in [0.5, 0.6) is 5.75 Å². The first-order valence-corrected chi connectivity index (χ1v) is 8.99. The van der Waals surface area contributed by atoms with Crippen LogP contribution >= 0.6 is 0 Å². The Morgan fingerprint density at radius 3 is 2.58 bits per heavy atom. The predicted octanol–water partition coefficient (Wildman–Crippen LogP) is 3.07. The van der Waals surface area contributed by atoms with Gasteiger partial charge in [0, 0.05) is 25.2 Å². The van der Waals surface area contributed by atoms with Gasteiger partial charge in [0.2, 0.25) is 0 Å². The molecule has 0 radical (unpaired) electrons. The van der Waals surface area contributed by atoms with E-state index >= 15 is 0 Å². The molecule has 1 aliphatic rings. The number of likely N-dealkylation sites (N-methyl/N-ethyl adjacent to an activating group) is 1. The largest absolute Gasteiger partial charge is 0.496 e. The summed E-state index contributed by atoms with van der Waals surface area (Å²) in [6.45, 7) is 1.96. The minimum Gasteiger partial charge on any atom is -0.496 e. The van der Waals surface area contributed by atoms with Crippen LogP contribution in [0.1, 0.15) is 22.7 Å². The van der Waals surface area contributed by atoms with Gasteiger partial charge in [-0.1, -0.05) is 42.5 Å². The molecular formula is C21H27N3O2. The second-order valence-electron chi connectivity index (χ2n) is 6.85. The molecule has 1 heterocycles. The van der Waals surface area contributed by atoms with Crippen molar-refractivity contribution in [1.29, 1.82) is 0 Å². The number of fused-ring (bicyclic) bond motifs is 1. The molecule has 0 saturated heterocycles. The summed E-state index contributed by atoms with van der Waals surface area (Å²) >= 11 is 0. The Balaban J connectivity index is 1.66. The number of methoxy groups -OCH3 is 1. The summed E-state index contributed by atoms with van der Waals surface area (Å²) in [6.07, 6.45) is 0.910. The third-order valence-electron chi connectivity index (χ3n) is 4.99. The third-order valence-corrected chi connectivity index (χ3v) is 4.99. The highest BCUT2D eigenvalue weighted by molar-refractivity contribution is 5.74. The zero-order valence-electron chi connectivity index (χ0n) is 15.7. The van der Waals surface area contributed by atoms with Crippen LogP contribution in [0.4, 0.5) is 4.79 Å². The lowest BCUT2D eigenvalue weighted by atomic mass is 10.0. The highest BCUT2D eigenvalue weighted by Crippen LogP contribution is 2.27. The molecule has 5 heteroatoms. The van der Waals surface area contributed by atoms with Crippen molar-refractivity contribution < 1.29 is 9.53 Å². The summed E-state index contributed by atoms with van der Waals surface area (Å²) in [5.41, 5.74) is 3.66. The fourth-order valence-corrected chi connectivity index (χ4v) is 3.48. The molecule has 0 aliphatic carbocycles. The number of rotatable bonds is 5. The van der Waals surface area contributed by atoms with Crippen molar-refractivity contribution in [3.05, 3.63) is 65.2 Å². The van der Waals surface area contributed by atoms with E-state index in [0.29, 0.717) is 13.1 Å². The van der Waals surface area contributed by atoms with E-state index in [1.165, 1.54) is 11.1 Å². The molecule has 0 bridgehead atoms. The van der Waals surface area contributed by atoms with Gasteiger partial charge in [0.05, 0.1) is 13.2 Å². The average molecular weight is 353 g/mol. The molecule has 0 fully saturated rings. The molecule has 138 valence electrons. The summed E-state index contributed by atoms with van der Waals surface area (Å²) in [5.74, 6) is 0.840. The fraction of sp³-hybridized carbons (Fsp3) is 0.381. The molecule has 26 heavy (non-hydrogen) atoms. The number of ether oxygens (including phenoxy) is 1. The standard InChI is InChI=1S/C21H27N3O2/c1-23(2)19(18-10-6-7-11-20(18)26-3)14-22-21(25)24-13-12-16-8-4-5-9-17(16)15-24/h4-11,19H,12-15H2,1-3H3,(H,22,25). The second-order valence-corrected chi connectivity index (χ2v) is 6.85. The van der Waals surface area contributed by atoms with Crippen molar-refractivity contribution in [1.82, 2.24) is 15.1 Å². The maximum atomic E-state index is 12.7. The lowest BCUT2D eigenvalue weighted by Crippen LogP contribution is -2.45. The van der Waals surface area contributed by atoms with Gasteiger partial charge in [-0.15, -0.1) is 0 Å². The number of benzene rings is 2. The number of nitrogens with one attached hydrogen (secondary N) is 1. The summed E-state index contributed by atoms with van der Waals surface area (Å²) in [6, 6.07) is 16.3. The van der Waals surface area contributed by atoms with Crippen LogP contribution in [0.25, 0.3) is 0 Å². The van der Waals surface area contributed by atoms with E-state index < -0.39 is 0 Å². The smallest absolute Gasteiger partial charge is 0.317 e. The topological polar surface area (TPSA) is 44.8 Å². The monoisotopic (exact) mass is 353 g/mol. The molecule has 2 aromatic rings. The fourth-order valence-electron chi connectivity index (χ4n) is 3.48. The highest BCUT2D eigenvalue weighted by Gasteiger charge is 2.23. The Labute approximate surface area is 155 Å². The predicted molar refractivity (Wildman–Crippen MR) is 103 cm³/mol. The maximum Gasteiger partial charge on any atom is 0.317 e. The molecule has 0 aromatic heterocycles. The Morgan fingerprint density at radius 1 is 1.15 bits per heavy atom. The summed E-state index contributed by atoms with van der Waals surface area (Å²) in [4.78, 5) is 16.7. The number of hydrogen-bond acceptors (Lipinski definition) is 3. The van der Waals surface area contributed by atoms with E-state index in [1.54, 1.807) is 7.11 Å². The van der Waals surface area contributed by atoms with Gasteiger partial charge >= 0.3 is 6.03 Å². The van der Waals surface area contributed by atoms with E-state index in [0.717, 1.165) is 24.3 Å². The van der Waals surface area contributed by atoms with Crippen LogP contribution in [-0.2, 0) is 13.0 Å². The summed E-state index contributed by atoms with van der Waals surface area (Å²) in [5, 5.41) is 3.10. The normalized spacial score (nSPS) is 14.7. The van der Waals surface area contributed by atoms with Crippen molar-refractivity contribution >= 4 is 6.03 Å². The van der Waals surface area contributed by atoms with Crippen molar-refractivity contribution in [3.63, 3.8) is 0 Å². The van der Waals surface area contributed by atoms with Gasteiger partial charge in [0.1, 0.15) is 5.75 Å². The molecule has 1 atom stereocenters. The van der Waals surface area contributed by atoms with Crippen LogP contribution in [0.3, 0.4) is 0 Å². The number of carbonyl (C=O) groups is 1. The number of para-hydroxylation sites is 1. The highest BCUT2D eigenvalue weighted by atomic mass is 16.5. The molecule has 1 aliphatic heterocycles. The Hall–Kier alpha value is -2.53. The number of carbonyl (C=O) groups excluding carboxylic acids is 1. The number of nitrogens with zero attached hydrogens (tertiary/aromatic N) is 2. The first-order valence-electron chi connectivity index (χ1n) is 8.99. The van der Waals surface area contributed by atoms with E-state index in [-0.39, 0.29) is 12.1 Å². The molecule has 2 aromatic carbocycles. The third kappa shape index (κ3) is 3.99. The second kappa shape index (κ2) is 8.23.